The summed E-state index contributed by atoms with van der Waals surface area (Å²) in [6.07, 6.45) is 0.239. The molecule has 4 nitrogen and oxygen atoms in total. The van der Waals surface area contributed by atoms with E-state index in [4.69, 9.17) is 10.00 Å². The molecule has 1 saturated heterocycles. The highest BCUT2D eigenvalue weighted by molar-refractivity contribution is 5.77. The second-order valence-electron chi connectivity index (χ2n) is 2.10. The average molecular weight is 140 g/mol. The predicted molar refractivity (Wildman–Crippen MR) is 33.0 cm³/mol. The second kappa shape index (κ2) is 3.18. The summed E-state index contributed by atoms with van der Waals surface area (Å²) in [5.74, 6) is -0.103. The van der Waals surface area contributed by atoms with E-state index in [9.17, 15) is 4.79 Å². The summed E-state index contributed by atoms with van der Waals surface area (Å²) in [7, 11) is 0. The monoisotopic (exact) mass is 140 g/mol. The molecule has 0 aromatic heterocycles. The number of hydrogen-bond donors (Lipinski definition) is 1. The predicted octanol–water partition coefficient (Wildman–Crippen LogP) is -0.585. The zero-order valence-electron chi connectivity index (χ0n) is 5.46. The van der Waals surface area contributed by atoms with Crippen LogP contribution < -0.4 is 5.32 Å². The Hall–Kier alpha value is -1.08. The van der Waals surface area contributed by atoms with Crippen LogP contribution in [-0.4, -0.2) is 25.2 Å². The number of carbonyl (C=O) groups excluding carboxylic acids is 1. The average Bonchev–Trinajstić information content (AvgIpc) is 1.95. The van der Waals surface area contributed by atoms with Crippen molar-refractivity contribution in [2.45, 2.75) is 12.5 Å². The lowest BCUT2D eigenvalue weighted by Crippen LogP contribution is -2.42. The van der Waals surface area contributed by atoms with Crippen LogP contribution >= 0.6 is 0 Å². The van der Waals surface area contributed by atoms with Gasteiger partial charge in [0, 0.05) is 6.54 Å². The van der Waals surface area contributed by atoms with Crippen molar-refractivity contribution in [3.05, 3.63) is 0 Å². The van der Waals surface area contributed by atoms with Gasteiger partial charge in [0.2, 0.25) is 5.91 Å². The van der Waals surface area contributed by atoms with Crippen molar-refractivity contribution in [1.29, 1.82) is 5.26 Å². The topological polar surface area (TPSA) is 62.1 Å². The van der Waals surface area contributed by atoms with E-state index in [-0.39, 0.29) is 18.6 Å². The van der Waals surface area contributed by atoms with Crippen LogP contribution in [0.2, 0.25) is 0 Å². The zero-order chi connectivity index (χ0) is 7.40. The van der Waals surface area contributed by atoms with Gasteiger partial charge in [0.15, 0.2) is 0 Å². The zero-order valence-corrected chi connectivity index (χ0v) is 5.46. The summed E-state index contributed by atoms with van der Waals surface area (Å²) in [5.41, 5.74) is 0. The van der Waals surface area contributed by atoms with Crippen molar-refractivity contribution >= 4 is 5.91 Å². The highest BCUT2D eigenvalue weighted by Crippen LogP contribution is 1.99. The lowest BCUT2D eigenvalue weighted by atomic mass is 10.2. The third-order valence-electron chi connectivity index (χ3n) is 1.30. The van der Waals surface area contributed by atoms with Crippen molar-refractivity contribution in [2.75, 3.05) is 13.2 Å². The third-order valence-corrected chi connectivity index (χ3v) is 1.30. The minimum atomic E-state index is -0.109. The molecule has 10 heavy (non-hydrogen) atoms. The van der Waals surface area contributed by atoms with Crippen LogP contribution in [0, 0.1) is 11.3 Å². The lowest BCUT2D eigenvalue weighted by molar-refractivity contribution is -0.132. The van der Waals surface area contributed by atoms with E-state index in [1.54, 1.807) is 0 Å². The number of amides is 1. The van der Waals surface area contributed by atoms with Crippen LogP contribution in [-0.2, 0) is 9.53 Å². The summed E-state index contributed by atoms with van der Waals surface area (Å²) < 4.78 is 5.00. The van der Waals surface area contributed by atoms with E-state index in [0.717, 1.165) is 0 Å². The van der Waals surface area contributed by atoms with Gasteiger partial charge in [-0.1, -0.05) is 0 Å². The first-order chi connectivity index (χ1) is 4.83. The molecule has 1 atom stereocenters. The summed E-state index contributed by atoms with van der Waals surface area (Å²) >= 11 is 0. The van der Waals surface area contributed by atoms with Crippen LogP contribution in [0.25, 0.3) is 0 Å². The second-order valence-corrected chi connectivity index (χ2v) is 2.10. The minimum absolute atomic E-state index is 0.0896. The summed E-state index contributed by atoms with van der Waals surface area (Å²) in [6, 6.07) is 1.98. The quantitative estimate of drug-likeness (QED) is 0.529. The van der Waals surface area contributed by atoms with Crippen LogP contribution in [0.5, 0.6) is 0 Å². The molecule has 1 unspecified atom stereocenters. The number of nitrogens with zero attached hydrogens (tertiary/aromatic N) is 1. The molecule has 1 amide bonds. The fraction of sp³-hybridized carbons (Fsp3) is 0.667. The Balaban J connectivity index is 2.27. The van der Waals surface area contributed by atoms with Gasteiger partial charge in [-0.25, -0.2) is 0 Å². The van der Waals surface area contributed by atoms with Gasteiger partial charge in [-0.2, -0.15) is 5.26 Å². The van der Waals surface area contributed by atoms with E-state index < -0.39 is 0 Å². The first kappa shape index (κ1) is 7.03. The van der Waals surface area contributed by atoms with E-state index in [1.807, 2.05) is 6.07 Å². The first-order valence-corrected chi connectivity index (χ1v) is 3.08. The Morgan fingerprint density at radius 1 is 1.90 bits per heavy atom. The molecular weight excluding hydrogens is 132 g/mol. The molecule has 54 valence electrons. The Bertz CT molecular complexity index is 163. The van der Waals surface area contributed by atoms with E-state index in [1.165, 1.54) is 0 Å². The van der Waals surface area contributed by atoms with Gasteiger partial charge in [-0.05, 0) is 0 Å². The van der Waals surface area contributed by atoms with Gasteiger partial charge in [0.05, 0.1) is 18.6 Å². The Kier molecular flexibility index (Phi) is 2.24. The molecule has 1 N–H and O–H groups in total. The molecule has 0 aromatic carbocycles. The Labute approximate surface area is 58.8 Å². The lowest BCUT2D eigenvalue weighted by Gasteiger charge is -2.20. The van der Waals surface area contributed by atoms with Crippen molar-refractivity contribution in [3.8, 4) is 6.07 Å². The molecule has 0 aromatic rings. The number of ether oxygens (including phenoxy) is 1. The van der Waals surface area contributed by atoms with Crippen LogP contribution in [0.4, 0.5) is 0 Å². The van der Waals surface area contributed by atoms with Gasteiger partial charge in [0.25, 0.3) is 0 Å². The van der Waals surface area contributed by atoms with Crippen molar-refractivity contribution in [1.82, 2.24) is 5.32 Å². The summed E-state index contributed by atoms with van der Waals surface area (Å²) in [5, 5.41) is 10.8. The number of nitriles is 1. The van der Waals surface area contributed by atoms with E-state index in [2.05, 4.69) is 5.32 Å². The number of morpholine rings is 1. The fourth-order valence-corrected chi connectivity index (χ4v) is 0.764. The maximum absolute atomic E-state index is 10.5. The van der Waals surface area contributed by atoms with Gasteiger partial charge < -0.3 is 10.1 Å². The van der Waals surface area contributed by atoms with Crippen molar-refractivity contribution in [3.63, 3.8) is 0 Å². The maximum Gasteiger partial charge on any atom is 0.246 e. The normalized spacial score (nSPS) is 25.1. The Morgan fingerprint density at radius 2 is 2.70 bits per heavy atom. The highest BCUT2D eigenvalue weighted by Gasteiger charge is 2.17. The maximum atomic E-state index is 10.5. The smallest absolute Gasteiger partial charge is 0.246 e. The van der Waals surface area contributed by atoms with Gasteiger partial charge in [0.1, 0.15) is 6.61 Å². The SMILES string of the molecule is N#CCC1CNC(=O)CO1. The molecule has 0 aliphatic carbocycles. The fourth-order valence-electron chi connectivity index (χ4n) is 0.764. The molecule has 4 heteroatoms. The number of rotatable bonds is 1. The molecular formula is C6H8N2O2. The number of hydrogen-bond acceptors (Lipinski definition) is 3. The van der Waals surface area contributed by atoms with Gasteiger partial charge in [-0.3, -0.25) is 4.79 Å². The number of carbonyl (C=O) groups is 1. The molecule has 0 radical (unpaired) electrons. The molecule has 1 aliphatic rings. The van der Waals surface area contributed by atoms with Crippen molar-refractivity contribution < 1.29 is 9.53 Å². The third kappa shape index (κ3) is 1.71. The summed E-state index contributed by atoms with van der Waals surface area (Å²) in [4.78, 5) is 10.5. The number of nitrogens with one attached hydrogen (secondary N) is 1. The van der Waals surface area contributed by atoms with Crippen LogP contribution in [0.15, 0.2) is 0 Å². The molecule has 0 saturated carbocycles. The molecule has 1 aliphatic heterocycles. The molecule has 1 heterocycles. The first-order valence-electron chi connectivity index (χ1n) is 3.08. The molecule has 1 rings (SSSR count). The van der Waals surface area contributed by atoms with Gasteiger partial charge in [-0.15, -0.1) is 0 Å². The summed E-state index contributed by atoms with van der Waals surface area (Å²) in [6.45, 7) is 0.554. The van der Waals surface area contributed by atoms with Crippen LogP contribution in [0.3, 0.4) is 0 Å². The largest absolute Gasteiger partial charge is 0.366 e. The van der Waals surface area contributed by atoms with Gasteiger partial charge >= 0.3 is 0 Å². The molecule has 0 spiro atoms. The molecule has 0 bridgehead atoms. The van der Waals surface area contributed by atoms with Crippen molar-refractivity contribution in [2.24, 2.45) is 0 Å². The molecule has 1 fully saturated rings. The van der Waals surface area contributed by atoms with E-state index >= 15 is 0 Å². The highest BCUT2D eigenvalue weighted by atomic mass is 16.5. The Morgan fingerprint density at radius 3 is 3.20 bits per heavy atom. The minimum Gasteiger partial charge on any atom is -0.366 e. The van der Waals surface area contributed by atoms with E-state index in [0.29, 0.717) is 13.0 Å². The standard InChI is InChI=1S/C6H8N2O2/c7-2-1-5-3-8-6(9)4-10-5/h5H,1,3-4H2,(H,8,9). The van der Waals surface area contributed by atoms with Crippen LogP contribution in [0.1, 0.15) is 6.42 Å².